The molecule has 1 N–H and O–H groups in total. The van der Waals surface area contributed by atoms with Crippen LogP contribution in [-0.2, 0) is 17.7 Å². The first-order chi connectivity index (χ1) is 9.83. The fraction of sp³-hybridized carbons (Fsp3) is 0.438. The van der Waals surface area contributed by atoms with Crippen molar-refractivity contribution in [1.82, 2.24) is 15.1 Å². The van der Waals surface area contributed by atoms with Crippen LogP contribution in [0.15, 0.2) is 36.5 Å². The lowest BCUT2D eigenvalue weighted by Crippen LogP contribution is -2.18. The zero-order chi connectivity index (χ0) is 14.2. The molecule has 1 aromatic heterocycles. The predicted octanol–water partition coefficient (Wildman–Crippen LogP) is 2.56. The molecule has 0 fully saturated rings. The lowest BCUT2D eigenvalue weighted by molar-refractivity contribution is 0.199. The molecule has 0 aliphatic heterocycles. The van der Waals surface area contributed by atoms with Gasteiger partial charge in [0.05, 0.1) is 18.0 Å². The summed E-state index contributed by atoms with van der Waals surface area (Å²) in [4.78, 5) is 0. The van der Waals surface area contributed by atoms with Crippen molar-refractivity contribution < 1.29 is 4.74 Å². The molecule has 0 saturated carbocycles. The maximum atomic E-state index is 5.00. The summed E-state index contributed by atoms with van der Waals surface area (Å²) >= 11 is 0. The number of rotatable bonds is 8. The van der Waals surface area contributed by atoms with Crippen LogP contribution in [0.3, 0.4) is 0 Å². The third-order valence-electron chi connectivity index (χ3n) is 3.17. The Kier molecular flexibility index (Phi) is 5.77. The molecule has 1 heterocycles. The molecule has 4 heteroatoms. The molecule has 0 aliphatic rings. The van der Waals surface area contributed by atoms with Gasteiger partial charge in [0.2, 0.25) is 0 Å². The molecule has 0 saturated heterocycles. The quantitative estimate of drug-likeness (QED) is 0.751. The van der Waals surface area contributed by atoms with Gasteiger partial charge in [0, 0.05) is 26.4 Å². The van der Waals surface area contributed by atoms with E-state index in [1.165, 1.54) is 12.0 Å². The number of hydrogen-bond donors (Lipinski definition) is 1. The third-order valence-corrected chi connectivity index (χ3v) is 3.17. The summed E-state index contributed by atoms with van der Waals surface area (Å²) in [5, 5.41) is 7.86. The summed E-state index contributed by atoms with van der Waals surface area (Å²) < 4.78 is 6.92. The van der Waals surface area contributed by atoms with Crippen LogP contribution in [-0.4, -0.2) is 30.0 Å². The molecule has 0 unspecified atom stereocenters. The van der Waals surface area contributed by atoms with E-state index in [4.69, 9.17) is 4.74 Å². The highest BCUT2D eigenvalue weighted by molar-refractivity contribution is 5.34. The fourth-order valence-electron chi connectivity index (χ4n) is 2.09. The van der Waals surface area contributed by atoms with Gasteiger partial charge in [-0.1, -0.05) is 25.5 Å². The highest BCUT2D eigenvalue weighted by Gasteiger charge is 2.01. The highest BCUT2D eigenvalue weighted by Crippen LogP contribution is 2.11. The number of nitrogens with one attached hydrogen (secondary N) is 1. The van der Waals surface area contributed by atoms with E-state index in [0.717, 1.165) is 37.5 Å². The Bertz CT molecular complexity index is 505. The first-order valence-corrected chi connectivity index (χ1v) is 7.17. The number of aromatic nitrogens is 2. The van der Waals surface area contributed by atoms with Gasteiger partial charge in [-0.2, -0.15) is 5.10 Å². The number of nitrogens with zero attached hydrogens (tertiary/aromatic N) is 2. The van der Waals surface area contributed by atoms with E-state index in [0.29, 0.717) is 0 Å². The molecule has 0 aliphatic carbocycles. The fourth-order valence-corrected chi connectivity index (χ4v) is 2.09. The van der Waals surface area contributed by atoms with E-state index < -0.39 is 0 Å². The van der Waals surface area contributed by atoms with Gasteiger partial charge in [0.1, 0.15) is 0 Å². The Morgan fingerprint density at radius 2 is 2.00 bits per heavy atom. The molecule has 20 heavy (non-hydrogen) atoms. The standard InChI is InChI=1S/C16H23N3O/c1-3-4-14-5-7-16(8-6-14)19-11-9-15(18-19)13-17-10-12-20-2/h5-9,11,17H,3-4,10,12-13H2,1-2H3. The maximum Gasteiger partial charge on any atom is 0.0766 e. The topological polar surface area (TPSA) is 39.1 Å². The van der Waals surface area contributed by atoms with Gasteiger partial charge >= 0.3 is 0 Å². The average Bonchev–Trinajstić information content (AvgIpc) is 2.94. The average molecular weight is 273 g/mol. The number of methoxy groups -OCH3 is 1. The smallest absolute Gasteiger partial charge is 0.0766 e. The van der Waals surface area contributed by atoms with Crippen molar-refractivity contribution in [2.45, 2.75) is 26.3 Å². The molecule has 4 nitrogen and oxygen atoms in total. The van der Waals surface area contributed by atoms with Crippen molar-refractivity contribution in [3.05, 3.63) is 47.8 Å². The van der Waals surface area contributed by atoms with Crippen molar-refractivity contribution in [3.63, 3.8) is 0 Å². The second-order valence-corrected chi connectivity index (χ2v) is 4.84. The van der Waals surface area contributed by atoms with Gasteiger partial charge in [-0.15, -0.1) is 0 Å². The first-order valence-electron chi connectivity index (χ1n) is 7.17. The number of ether oxygens (including phenoxy) is 1. The van der Waals surface area contributed by atoms with Crippen LogP contribution in [0, 0.1) is 0 Å². The van der Waals surface area contributed by atoms with Crippen molar-refractivity contribution in [2.75, 3.05) is 20.3 Å². The molecule has 0 spiro atoms. The molecule has 108 valence electrons. The SMILES string of the molecule is CCCc1ccc(-n2ccc(CNCCOC)n2)cc1. The van der Waals surface area contributed by atoms with Crippen LogP contribution in [0.4, 0.5) is 0 Å². The monoisotopic (exact) mass is 273 g/mol. The lowest BCUT2D eigenvalue weighted by atomic mass is 10.1. The molecule has 0 bridgehead atoms. The summed E-state index contributed by atoms with van der Waals surface area (Å²) in [6.45, 7) is 4.53. The van der Waals surface area contributed by atoms with Crippen LogP contribution in [0.5, 0.6) is 0 Å². The van der Waals surface area contributed by atoms with E-state index in [1.54, 1.807) is 7.11 Å². The Morgan fingerprint density at radius 3 is 2.70 bits per heavy atom. The summed E-state index contributed by atoms with van der Waals surface area (Å²) in [7, 11) is 1.71. The molecular formula is C16H23N3O. The van der Waals surface area contributed by atoms with Gasteiger partial charge in [-0.3, -0.25) is 0 Å². The van der Waals surface area contributed by atoms with E-state index in [9.17, 15) is 0 Å². The van der Waals surface area contributed by atoms with Crippen molar-refractivity contribution >= 4 is 0 Å². The lowest BCUT2D eigenvalue weighted by Gasteiger charge is -2.04. The minimum Gasteiger partial charge on any atom is -0.383 e. The molecule has 0 atom stereocenters. The number of hydrogen-bond acceptors (Lipinski definition) is 3. The molecule has 2 aromatic rings. The van der Waals surface area contributed by atoms with Crippen LogP contribution in [0.1, 0.15) is 24.6 Å². The van der Waals surface area contributed by atoms with E-state index in [-0.39, 0.29) is 0 Å². The van der Waals surface area contributed by atoms with E-state index in [2.05, 4.69) is 41.6 Å². The van der Waals surface area contributed by atoms with Crippen LogP contribution in [0.2, 0.25) is 0 Å². The zero-order valence-corrected chi connectivity index (χ0v) is 12.3. The van der Waals surface area contributed by atoms with Crippen molar-refractivity contribution in [2.24, 2.45) is 0 Å². The molecular weight excluding hydrogens is 250 g/mol. The first kappa shape index (κ1) is 14.8. The minimum absolute atomic E-state index is 0.722. The number of aryl methyl sites for hydroxylation is 1. The highest BCUT2D eigenvalue weighted by atomic mass is 16.5. The second kappa shape index (κ2) is 7.82. The molecule has 1 aromatic carbocycles. The van der Waals surface area contributed by atoms with Gasteiger partial charge in [-0.05, 0) is 30.2 Å². The van der Waals surface area contributed by atoms with Gasteiger partial charge in [0.15, 0.2) is 0 Å². The summed E-state index contributed by atoms with van der Waals surface area (Å²) in [6, 6.07) is 10.6. The summed E-state index contributed by atoms with van der Waals surface area (Å²) in [6.07, 6.45) is 4.31. The van der Waals surface area contributed by atoms with Crippen LogP contribution in [0.25, 0.3) is 5.69 Å². The van der Waals surface area contributed by atoms with E-state index >= 15 is 0 Å². The molecule has 0 radical (unpaired) electrons. The Hall–Kier alpha value is -1.65. The Morgan fingerprint density at radius 1 is 1.20 bits per heavy atom. The van der Waals surface area contributed by atoms with Crippen LogP contribution < -0.4 is 5.32 Å². The van der Waals surface area contributed by atoms with Gasteiger partial charge in [0.25, 0.3) is 0 Å². The normalized spacial score (nSPS) is 10.9. The third kappa shape index (κ3) is 4.18. The minimum atomic E-state index is 0.722. The Balaban J connectivity index is 1.93. The van der Waals surface area contributed by atoms with Crippen molar-refractivity contribution in [3.8, 4) is 5.69 Å². The summed E-state index contributed by atoms with van der Waals surface area (Å²) in [5.41, 5.74) is 3.52. The van der Waals surface area contributed by atoms with Gasteiger partial charge in [-0.25, -0.2) is 4.68 Å². The number of benzene rings is 1. The summed E-state index contributed by atoms with van der Waals surface area (Å²) in [5.74, 6) is 0. The second-order valence-electron chi connectivity index (χ2n) is 4.84. The zero-order valence-electron chi connectivity index (χ0n) is 12.3. The van der Waals surface area contributed by atoms with Crippen LogP contribution >= 0.6 is 0 Å². The predicted molar refractivity (Wildman–Crippen MR) is 81.1 cm³/mol. The van der Waals surface area contributed by atoms with Crippen molar-refractivity contribution in [1.29, 1.82) is 0 Å². The molecule has 0 amide bonds. The molecule has 2 rings (SSSR count). The maximum absolute atomic E-state index is 5.00. The Labute approximate surface area is 120 Å². The largest absolute Gasteiger partial charge is 0.383 e. The van der Waals surface area contributed by atoms with Gasteiger partial charge < -0.3 is 10.1 Å². The van der Waals surface area contributed by atoms with E-state index in [1.807, 2.05) is 16.9 Å².